The third-order valence-corrected chi connectivity index (χ3v) is 4.71. The van der Waals surface area contributed by atoms with Gasteiger partial charge in [-0.1, -0.05) is 17.7 Å². The molecule has 0 spiro atoms. The summed E-state index contributed by atoms with van der Waals surface area (Å²) in [5.41, 5.74) is 2.48. The van der Waals surface area contributed by atoms with Crippen molar-refractivity contribution >= 4 is 47.1 Å². The molecule has 2 aromatic rings. The van der Waals surface area contributed by atoms with Crippen LogP contribution in [0.25, 0.3) is 0 Å². The summed E-state index contributed by atoms with van der Waals surface area (Å²) >= 11 is 5.84. The Morgan fingerprint density at radius 2 is 1.88 bits per heavy atom. The molecule has 0 aliphatic carbocycles. The minimum Gasteiger partial charge on any atom is -0.458 e. The Hall–Kier alpha value is -3.70. The number of hydrogen-bond donors (Lipinski definition) is 4. The molecule has 0 unspecified atom stereocenters. The molecule has 0 radical (unpaired) electrons. The fraction of sp³-hybridized carbons (Fsp3) is 0.286. The van der Waals surface area contributed by atoms with Gasteiger partial charge < -0.3 is 25.1 Å². The molecule has 1 fully saturated rings. The van der Waals surface area contributed by atoms with Crippen molar-refractivity contribution in [3.05, 3.63) is 52.9 Å². The summed E-state index contributed by atoms with van der Waals surface area (Å²) in [6.45, 7) is 0.871. The fourth-order valence-corrected chi connectivity index (χ4v) is 3.05. The highest BCUT2D eigenvalue weighted by Crippen LogP contribution is 2.14. The molecule has 0 bridgehead atoms. The second-order valence-electron chi connectivity index (χ2n) is 7.00. The number of hydrazone groups is 1. The van der Waals surface area contributed by atoms with Crippen molar-refractivity contribution in [2.45, 2.75) is 25.5 Å². The molecule has 1 aliphatic rings. The maximum absolute atomic E-state index is 11.9. The second kappa shape index (κ2) is 11.8. The number of amides is 4. The van der Waals surface area contributed by atoms with Gasteiger partial charge in [0, 0.05) is 23.9 Å². The van der Waals surface area contributed by atoms with Gasteiger partial charge in [0.05, 0.1) is 18.9 Å². The van der Waals surface area contributed by atoms with Crippen molar-refractivity contribution in [3.8, 4) is 0 Å². The number of carbonyl (C=O) groups is 4. The number of furan rings is 1. The normalized spacial score (nSPS) is 15.2. The molecule has 174 valence electrons. The van der Waals surface area contributed by atoms with Crippen LogP contribution < -0.4 is 21.4 Å². The molecule has 12 heteroatoms. The standard InChI is InChI=1S/C21H22ClN5O6/c22-13-3-1-4-14(9-13)26-20(30)18(28)24-11-16-6-7-17(33-16)12-25-27-21(31)19(29)23-10-15-5-2-8-32-15/h1,3-4,6-7,9,12,15H,2,5,8,10-11H2,(H,23,29)(H,24,28)(H,26,30)(H,27,31)/b25-12+/t15-/m0/s1. The number of carbonyl (C=O) groups excluding carboxylic acids is 4. The first-order valence-corrected chi connectivity index (χ1v) is 10.4. The summed E-state index contributed by atoms with van der Waals surface area (Å²) in [5.74, 6) is -2.84. The molecule has 1 aromatic heterocycles. The van der Waals surface area contributed by atoms with Crippen LogP contribution in [0.2, 0.25) is 5.02 Å². The third-order valence-electron chi connectivity index (χ3n) is 4.47. The van der Waals surface area contributed by atoms with Crippen molar-refractivity contribution in [3.63, 3.8) is 0 Å². The van der Waals surface area contributed by atoms with Crippen molar-refractivity contribution in [2.75, 3.05) is 18.5 Å². The number of ether oxygens (including phenoxy) is 1. The Kier molecular flexibility index (Phi) is 8.56. The Bertz CT molecular complexity index is 1050. The number of anilines is 1. The minimum absolute atomic E-state index is 0.0480. The average molecular weight is 476 g/mol. The zero-order valence-electron chi connectivity index (χ0n) is 17.4. The van der Waals surface area contributed by atoms with Crippen LogP contribution in [0, 0.1) is 0 Å². The van der Waals surface area contributed by atoms with Crippen molar-refractivity contribution in [2.24, 2.45) is 5.10 Å². The van der Waals surface area contributed by atoms with Crippen molar-refractivity contribution in [1.29, 1.82) is 0 Å². The SMILES string of the molecule is O=C(NC[C@@H]1CCCO1)C(=O)N/N=C/c1ccc(CNC(=O)C(=O)Nc2cccc(Cl)c2)o1. The summed E-state index contributed by atoms with van der Waals surface area (Å²) in [6, 6.07) is 9.50. The monoisotopic (exact) mass is 475 g/mol. The van der Waals surface area contributed by atoms with Gasteiger partial charge in [0.2, 0.25) is 0 Å². The van der Waals surface area contributed by atoms with E-state index in [9.17, 15) is 19.2 Å². The lowest BCUT2D eigenvalue weighted by molar-refractivity contribution is -0.139. The average Bonchev–Trinajstić information content (AvgIpc) is 3.48. The molecule has 1 aromatic carbocycles. The van der Waals surface area contributed by atoms with Gasteiger partial charge in [-0.3, -0.25) is 19.2 Å². The molecule has 1 atom stereocenters. The fourth-order valence-electron chi connectivity index (χ4n) is 2.86. The van der Waals surface area contributed by atoms with Gasteiger partial charge in [0.1, 0.15) is 11.5 Å². The Labute approximate surface area is 193 Å². The lowest BCUT2D eigenvalue weighted by atomic mass is 10.2. The van der Waals surface area contributed by atoms with Crippen molar-refractivity contribution in [1.82, 2.24) is 16.1 Å². The first-order chi connectivity index (χ1) is 15.9. The number of benzene rings is 1. The van der Waals surface area contributed by atoms with Gasteiger partial charge in [-0.05, 0) is 43.2 Å². The second-order valence-corrected chi connectivity index (χ2v) is 7.43. The van der Waals surface area contributed by atoms with Crippen LogP contribution in [0.4, 0.5) is 5.69 Å². The number of nitrogens with one attached hydrogen (secondary N) is 4. The van der Waals surface area contributed by atoms with Gasteiger partial charge in [0.25, 0.3) is 0 Å². The van der Waals surface area contributed by atoms with Crippen LogP contribution >= 0.6 is 11.6 Å². The van der Waals surface area contributed by atoms with Crippen molar-refractivity contribution < 1.29 is 28.3 Å². The Balaban J connectivity index is 1.38. The first kappa shape index (κ1) is 24.0. The van der Waals surface area contributed by atoms with E-state index in [1.54, 1.807) is 30.3 Å². The lowest BCUT2D eigenvalue weighted by Gasteiger charge is -2.09. The number of rotatable bonds is 7. The van der Waals surface area contributed by atoms with E-state index in [4.69, 9.17) is 20.8 Å². The van der Waals surface area contributed by atoms with Gasteiger partial charge in [0.15, 0.2) is 0 Å². The van der Waals surface area contributed by atoms with E-state index in [2.05, 4.69) is 26.5 Å². The van der Waals surface area contributed by atoms with Gasteiger partial charge in [-0.25, -0.2) is 5.43 Å². The molecular weight excluding hydrogens is 454 g/mol. The predicted octanol–water partition coefficient (Wildman–Crippen LogP) is 0.933. The molecule has 0 saturated carbocycles. The number of halogens is 1. The molecule has 2 heterocycles. The lowest BCUT2D eigenvalue weighted by Crippen LogP contribution is -2.41. The van der Waals surface area contributed by atoms with E-state index in [0.29, 0.717) is 23.1 Å². The summed E-state index contributed by atoms with van der Waals surface area (Å²) in [4.78, 5) is 47.3. The Morgan fingerprint density at radius 3 is 2.64 bits per heavy atom. The smallest absolute Gasteiger partial charge is 0.329 e. The first-order valence-electron chi connectivity index (χ1n) is 10.1. The van der Waals surface area contributed by atoms with Gasteiger partial charge in [-0.15, -0.1) is 0 Å². The predicted molar refractivity (Wildman–Crippen MR) is 118 cm³/mol. The molecule has 11 nitrogen and oxygen atoms in total. The van der Waals surface area contributed by atoms with Crippen LogP contribution in [-0.2, 0) is 30.5 Å². The summed E-state index contributed by atoms with van der Waals surface area (Å²) in [7, 11) is 0. The third kappa shape index (κ3) is 7.74. The Morgan fingerprint density at radius 1 is 1.06 bits per heavy atom. The number of hydrogen-bond acceptors (Lipinski definition) is 7. The summed E-state index contributed by atoms with van der Waals surface area (Å²) < 4.78 is 10.8. The van der Waals surface area contributed by atoms with Crippen LogP contribution in [0.5, 0.6) is 0 Å². The zero-order valence-corrected chi connectivity index (χ0v) is 18.2. The summed E-state index contributed by atoms with van der Waals surface area (Å²) in [5, 5.41) is 11.4. The highest BCUT2D eigenvalue weighted by molar-refractivity contribution is 6.39. The van der Waals surface area contributed by atoms with E-state index in [1.165, 1.54) is 12.3 Å². The van der Waals surface area contributed by atoms with E-state index in [0.717, 1.165) is 12.8 Å². The largest absolute Gasteiger partial charge is 0.458 e. The molecule has 4 N–H and O–H groups in total. The highest BCUT2D eigenvalue weighted by Gasteiger charge is 2.19. The maximum atomic E-state index is 11.9. The molecule has 3 rings (SSSR count). The zero-order chi connectivity index (χ0) is 23.6. The van der Waals surface area contributed by atoms with E-state index >= 15 is 0 Å². The van der Waals surface area contributed by atoms with E-state index in [1.807, 2.05) is 0 Å². The molecule has 1 aliphatic heterocycles. The molecule has 4 amide bonds. The topological polar surface area (TPSA) is 151 Å². The highest BCUT2D eigenvalue weighted by atomic mass is 35.5. The van der Waals surface area contributed by atoms with E-state index < -0.39 is 23.6 Å². The van der Waals surface area contributed by atoms with Crippen LogP contribution in [-0.4, -0.2) is 49.1 Å². The minimum atomic E-state index is -0.922. The van der Waals surface area contributed by atoms with Crippen LogP contribution in [0.1, 0.15) is 24.4 Å². The molecule has 33 heavy (non-hydrogen) atoms. The van der Waals surface area contributed by atoms with Gasteiger partial charge in [-0.2, -0.15) is 5.10 Å². The molecule has 1 saturated heterocycles. The number of nitrogens with zero attached hydrogens (tertiary/aromatic N) is 1. The van der Waals surface area contributed by atoms with Crippen LogP contribution in [0.15, 0.2) is 45.9 Å². The van der Waals surface area contributed by atoms with Crippen LogP contribution in [0.3, 0.4) is 0 Å². The quantitative estimate of drug-likeness (QED) is 0.266. The summed E-state index contributed by atoms with van der Waals surface area (Å²) in [6.07, 6.45) is 2.90. The van der Waals surface area contributed by atoms with E-state index in [-0.39, 0.29) is 25.0 Å². The molecular formula is C21H22ClN5O6. The maximum Gasteiger partial charge on any atom is 0.329 e. The van der Waals surface area contributed by atoms with Gasteiger partial charge >= 0.3 is 23.6 Å².